The number of nitrogens with one attached hydrogen (secondary N) is 1. The fraction of sp³-hybridized carbons (Fsp3) is 0.474. The summed E-state index contributed by atoms with van der Waals surface area (Å²) in [6.07, 6.45) is 7.91. The zero-order chi connectivity index (χ0) is 18.5. The number of hydrogen-bond donors (Lipinski definition) is 1. The maximum Gasteiger partial charge on any atom is 0.267 e. The van der Waals surface area contributed by atoms with Crippen molar-refractivity contribution < 1.29 is 4.79 Å². The van der Waals surface area contributed by atoms with Gasteiger partial charge in [0.1, 0.15) is 6.54 Å². The average molecular weight is 355 g/mol. The fourth-order valence-corrected chi connectivity index (χ4v) is 3.21. The molecule has 7 heteroatoms. The zero-order valence-corrected chi connectivity index (χ0v) is 15.4. The van der Waals surface area contributed by atoms with Gasteiger partial charge in [0.25, 0.3) is 5.56 Å². The van der Waals surface area contributed by atoms with Gasteiger partial charge in [-0.3, -0.25) is 9.59 Å². The van der Waals surface area contributed by atoms with Gasteiger partial charge in [0.2, 0.25) is 5.91 Å². The molecule has 1 aliphatic rings. The van der Waals surface area contributed by atoms with Crippen molar-refractivity contribution in [1.82, 2.24) is 24.9 Å². The fourth-order valence-electron chi connectivity index (χ4n) is 3.21. The van der Waals surface area contributed by atoms with Crippen molar-refractivity contribution >= 4 is 5.91 Å². The van der Waals surface area contributed by atoms with Crippen molar-refractivity contribution in [2.24, 2.45) is 0 Å². The van der Waals surface area contributed by atoms with Crippen molar-refractivity contribution in [2.75, 3.05) is 6.54 Å². The van der Waals surface area contributed by atoms with Gasteiger partial charge in [-0.25, -0.2) is 9.36 Å². The molecular weight excluding hydrogens is 330 g/mol. The highest BCUT2D eigenvalue weighted by molar-refractivity contribution is 5.75. The second-order valence-corrected chi connectivity index (χ2v) is 6.73. The van der Waals surface area contributed by atoms with Gasteiger partial charge in [-0.2, -0.15) is 5.10 Å². The summed E-state index contributed by atoms with van der Waals surface area (Å²) in [5.74, 6) is 0.317. The molecule has 0 radical (unpaired) electrons. The van der Waals surface area contributed by atoms with Crippen LogP contribution in [0, 0.1) is 13.8 Å². The summed E-state index contributed by atoms with van der Waals surface area (Å²) in [6.45, 7) is 4.32. The number of rotatable bonds is 6. The van der Waals surface area contributed by atoms with E-state index in [-0.39, 0.29) is 18.0 Å². The van der Waals surface area contributed by atoms with Gasteiger partial charge in [-0.1, -0.05) is 11.6 Å². The normalized spacial score (nSPS) is 14.2. The molecule has 0 bridgehead atoms. The van der Waals surface area contributed by atoms with Crippen LogP contribution >= 0.6 is 0 Å². The van der Waals surface area contributed by atoms with Crippen molar-refractivity contribution in [3.8, 4) is 5.82 Å². The van der Waals surface area contributed by atoms with Gasteiger partial charge >= 0.3 is 0 Å². The summed E-state index contributed by atoms with van der Waals surface area (Å²) in [7, 11) is 0. The lowest BCUT2D eigenvalue weighted by molar-refractivity contribution is -0.121. The molecule has 0 fully saturated rings. The lowest BCUT2D eigenvalue weighted by atomic mass is 9.97. The predicted octanol–water partition coefficient (Wildman–Crippen LogP) is 2.05. The molecule has 138 valence electrons. The highest BCUT2D eigenvalue weighted by Gasteiger charge is 2.10. The van der Waals surface area contributed by atoms with Crippen molar-refractivity contribution in [2.45, 2.75) is 52.5 Å². The zero-order valence-electron chi connectivity index (χ0n) is 15.4. The molecule has 0 spiro atoms. The van der Waals surface area contributed by atoms with E-state index < -0.39 is 0 Å². The molecule has 0 unspecified atom stereocenters. The quantitative estimate of drug-likeness (QED) is 0.804. The lowest BCUT2D eigenvalue weighted by Crippen LogP contribution is -2.34. The van der Waals surface area contributed by atoms with E-state index in [9.17, 15) is 9.59 Å². The van der Waals surface area contributed by atoms with Crippen LogP contribution < -0.4 is 10.9 Å². The van der Waals surface area contributed by atoms with Crippen LogP contribution in [0.3, 0.4) is 0 Å². The molecule has 0 saturated heterocycles. The average Bonchev–Trinajstić information content (AvgIpc) is 2.96. The number of hydrogen-bond acceptors (Lipinski definition) is 4. The molecular formula is C19H25N5O2. The minimum absolute atomic E-state index is 0.0922. The molecule has 3 rings (SSSR count). The molecule has 2 aromatic heterocycles. The summed E-state index contributed by atoms with van der Waals surface area (Å²) in [4.78, 5) is 24.2. The summed E-state index contributed by atoms with van der Waals surface area (Å²) in [6, 6.07) is 4.97. The standard InChI is InChI=1S/C19H25N5O2/c1-14-12-15(2)24(21-14)17-8-9-19(26)23(22-17)13-18(25)20-11-10-16-6-4-3-5-7-16/h6,8-9,12H,3-5,7,10-11,13H2,1-2H3,(H,20,25). The van der Waals surface area contributed by atoms with Crippen LogP contribution in [0.25, 0.3) is 5.82 Å². The van der Waals surface area contributed by atoms with Gasteiger partial charge < -0.3 is 5.32 Å². The van der Waals surface area contributed by atoms with E-state index in [4.69, 9.17) is 0 Å². The third kappa shape index (κ3) is 4.47. The first-order chi connectivity index (χ1) is 12.5. The number of allylic oxidation sites excluding steroid dienone is 1. The van der Waals surface area contributed by atoms with Gasteiger partial charge in [0.15, 0.2) is 5.82 Å². The van der Waals surface area contributed by atoms with Crippen LogP contribution in [0.5, 0.6) is 0 Å². The summed E-state index contributed by atoms with van der Waals surface area (Å²) in [5.41, 5.74) is 2.90. The third-order valence-electron chi connectivity index (χ3n) is 4.53. The summed E-state index contributed by atoms with van der Waals surface area (Å²) < 4.78 is 2.85. The van der Waals surface area contributed by atoms with E-state index in [2.05, 4.69) is 21.6 Å². The largest absolute Gasteiger partial charge is 0.354 e. The van der Waals surface area contributed by atoms with E-state index >= 15 is 0 Å². The number of amides is 1. The smallest absolute Gasteiger partial charge is 0.267 e. The molecule has 2 heterocycles. The number of carbonyl (C=O) groups is 1. The Morgan fingerprint density at radius 2 is 2.08 bits per heavy atom. The topological polar surface area (TPSA) is 81.8 Å². The van der Waals surface area contributed by atoms with Crippen LogP contribution in [-0.4, -0.2) is 32.0 Å². The molecule has 1 amide bonds. The first-order valence-electron chi connectivity index (χ1n) is 9.09. The maximum absolute atomic E-state index is 12.2. The highest BCUT2D eigenvalue weighted by atomic mass is 16.2. The molecule has 1 N–H and O–H groups in total. The van der Waals surface area contributed by atoms with Crippen LogP contribution in [-0.2, 0) is 11.3 Å². The Kier molecular flexibility index (Phi) is 5.65. The second-order valence-electron chi connectivity index (χ2n) is 6.73. The molecule has 0 aromatic carbocycles. The number of aryl methyl sites for hydroxylation is 2. The molecule has 0 atom stereocenters. The highest BCUT2D eigenvalue weighted by Crippen LogP contribution is 2.19. The molecule has 0 aliphatic heterocycles. The van der Waals surface area contributed by atoms with Gasteiger partial charge in [0, 0.05) is 18.3 Å². The van der Waals surface area contributed by atoms with Crippen LogP contribution in [0.4, 0.5) is 0 Å². The number of nitrogens with zero attached hydrogens (tertiary/aromatic N) is 4. The number of aromatic nitrogens is 4. The van der Waals surface area contributed by atoms with Crippen LogP contribution in [0.1, 0.15) is 43.5 Å². The molecule has 2 aromatic rings. The minimum Gasteiger partial charge on any atom is -0.354 e. The van der Waals surface area contributed by atoms with Gasteiger partial charge in [-0.15, -0.1) is 5.10 Å². The van der Waals surface area contributed by atoms with E-state index in [1.807, 2.05) is 19.9 Å². The number of carbonyl (C=O) groups excluding carboxylic acids is 1. The minimum atomic E-state index is -0.305. The Morgan fingerprint density at radius 1 is 1.23 bits per heavy atom. The Bertz CT molecular complexity index is 878. The Morgan fingerprint density at radius 3 is 2.77 bits per heavy atom. The SMILES string of the molecule is Cc1cc(C)n(-c2ccc(=O)n(CC(=O)NCCC3=CCCCC3)n2)n1. The summed E-state index contributed by atoms with van der Waals surface area (Å²) in [5, 5.41) is 11.5. The van der Waals surface area contributed by atoms with Crippen molar-refractivity contribution in [3.05, 3.63) is 51.6 Å². The lowest BCUT2D eigenvalue weighted by Gasteiger charge is -2.13. The van der Waals surface area contributed by atoms with E-state index in [1.165, 1.54) is 29.2 Å². The van der Waals surface area contributed by atoms with Crippen molar-refractivity contribution in [1.29, 1.82) is 0 Å². The van der Waals surface area contributed by atoms with Gasteiger partial charge in [-0.05, 0) is 58.1 Å². The van der Waals surface area contributed by atoms with E-state index in [0.717, 1.165) is 30.7 Å². The monoisotopic (exact) mass is 355 g/mol. The van der Waals surface area contributed by atoms with Crippen molar-refractivity contribution in [3.63, 3.8) is 0 Å². The third-order valence-corrected chi connectivity index (χ3v) is 4.53. The first kappa shape index (κ1) is 18.1. The Balaban J connectivity index is 1.62. The molecule has 7 nitrogen and oxygen atoms in total. The van der Waals surface area contributed by atoms with E-state index in [0.29, 0.717) is 12.4 Å². The predicted molar refractivity (Wildman–Crippen MR) is 99.3 cm³/mol. The van der Waals surface area contributed by atoms with E-state index in [1.54, 1.807) is 10.7 Å². The molecule has 1 aliphatic carbocycles. The van der Waals surface area contributed by atoms with Gasteiger partial charge in [0.05, 0.1) is 5.69 Å². The second kappa shape index (κ2) is 8.12. The maximum atomic E-state index is 12.2. The summed E-state index contributed by atoms with van der Waals surface area (Å²) >= 11 is 0. The Hall–Kier alpha value is -2.70. The van der Waals surface area contributed by atoms with Crippen LogP contribution in [0.15, 0.2) is 34.6 Å². The first-order valence-corrected chi connectivity index (χ1v) is 9.09. The molecule has 26 heavy (non-hydrogen) atoms. The Labute approximate surface area is 152 Å². The molecule has 0 saturated carbocycles. The van der Waals surface area contributed by atoms with Crippen LogP contribution in [0.2, 0.25) is 0 Å².